The van der Waals surface area contributed by atoms with E-state index in [-0.39, 0.29) is 0 Å². The highest BCUT2D eigenvalue weighted by Gasteiger charge is 2.02. The third-order valence-corrected chi connectivity index (χ3v) is 3.14. The lowest BCUT2D eigenvalue weighted by Gasteiger charge is -2.09. The van der Waals surface area contributed by atoms with E-state index in [1.165, 1.54) is 0 Å². The Bertz CT molecular complexity index is 690. The Morgan fingerprint density at radius 2 is 1.95 bits per heavy atom. The molecule has 0 spiro atoms. The molecule has 3 rings (SSSR count). The van der Waals surface area contributed by atoms with Gasteiger partial charge in [-0.15, -0.1) is 0 Å². The number of H-pyrrole nitrogens is 1. The van der Waals surface area contributed by atoms with Gasteiger partial charge in [0.25, 0.3) is 0 Å². The van der Waals surface area contributed by atoms with Gasteiger partial charge in [0, 0.05) is 11.9 Å². The molecule has 0 saturated carbocycles. The molecule has 19 heavy (non-hydrogen) atoms. The molecule has 0 aliphatic carbocycles. The van der Waals surface area contributed by atoms with Crippen molar-refractivity contribution in [2.24, 2.45) is 5.73 Å². The number of rotatable bonds is 4. The first-order valence-corrected chi connectivity index (χ1v) is 6.19. The Morgan fingerprint density at radius 1 is 1.11 bits per heavy atom. The minimum absolute atomic E-state index is 0.525. The quantitative estimate of drug-likeness (QED) is 0.751. The van der Waals surface area contributed by atoms with E-state index in [4.69, 9.17) is 10.5 Å². The molecule has 0 amide bonds. The van der Waals surface area contributed by atoms with E-state index in [2.05, 4.69) is 10.2 Å². The van der Waals surface area contributed by atoms with Crippen LogP contribution in [0.5, 0.6) is 5.75 Å². The molecule has 0 fully saturated rings. The lowest BCUT2D eigenvalue weighted by atomic mass is 10.1. The van der Waals surface area contributed by atoms with Gasteiger partial charge in [-0.2, -0.15) is 5.10 Å². The van der Waals surface area contributed by atoms with Crippen LogP contribution < -0.4 is 10.5 Å². The normalized spacial score (nSPS) is 10.8. The summed E-state index contributed by atoms with van der Waals surface area (Å²) in [6.07, 6.45) is 1.79. The second kappa shape index (κ2) is 5.12. The molecule has 0 unspecified atom stereocenters. The van der Waals surface area contributed by atoms with E-state index in [1.807, 2.05) is 42.5 Å². The smallest absolute Gasteiger partial charge is 0.120 e. The molecule has 4 nitrogen and oxygen atoms in total. The van der Waals surface area contributed by atoms with Gasteiger partial charge in [-0.1, -0.05) is 24.3 Å². The summed E-state index contributed by atoms with van der Waals surface area (Å²) in [5, 5.41) is 7.95. The zero-order valence-corrected chi connectivity index (χ0v) is 10.5. The second-order valence-corrected chi connectivity index (χ2v) is 4.38. The lowest BCUT2D eigenvalue weighted by molar-refractivity contribution is 0.305. The average Bonchev–Trinajstić information content (AvgIpc) is 2.93. The summed E-state index contributed by atoms with van der Waals surface area (Å²) in [6.45, 7) is 1.05. The molecular weight excluding hydrogens is 238 g/mol. The fourth-order valence-corrected chi connectivity index (χ4v) is 2.07. The number of benzene rings is 2. The van der Waals surface area contributed by atoms with Crippen LogP contribution in [0.2, 0.25) is 0 Å². The Balaban J connectivity index is 1.78. The van der Waals surface area contributed by atoms with Gasteiger partial charge in [0.1, 0.15) is 12.4 Å². The third-order valence-electron chi connectivity index (χ3n) is 3.14. The van der Waals surface area contributed by atoms with E-state index in [0.717, 1.165) is 27.8 Å². The van der Waals surface area contributed by atoms with E-state index in [0.29, 0.717) is 13.2 Å². The lowest BCUT2D eigenvalue weighted by Crippen LogP contribution is -2.04. The Kier molecular flexibility index (Phi) is 3.16. The third kappa shape index (κ3) is 2.44. The van der Waals surface area contributed by atoms with Crippen molar-refractivity contribution in [3.63, 3.8) is 0 Å². The van der Waals surface area contributed by atoms with Crippen molar-refractivity contribution in [3.05, 3.63) is 59.8 Å². The van der Waals surface area contributed by atoms with E-state index in [9.17, 15) is 0 Å². The second-order valence-electron chi connectivity index (χ2n) is 4.38. The minimum Gasteiger partial charge on any atom is -0.489 e. The summed E-state index contributed by atoms with van der Waals surface area (Å²) in [5.74, 6) is 0.834. The van der Waals surface area contributed by atoms with Crippen molar-refractivity contribution in [2.45, 2.75) is 13.2 Å². The number of nitrogens with one attached hydrogen (secondary N) is 1. The molecule has 0 radical (unpaired) electrons. The number of fused-ring (bicyclic) bond motifs is 1. The zero-order valence-electron chi connectivity index (χ0n) is 10.5. The van der Waals surface area contributed by atoms with Crippen molar-refractivity contribution in [2.75, 3.05) is 0 Å². The van der Waals surface area contributed by atoms with Gasteiger partial charge in [0.15, 0.2) is 0 Å². The van der Waals surface area contributed by atoms with Gasteiger partial charge in [-0.05, 0) is 29.3 Å². The van der Waals surface area contributed by atoms with Crippen LogP contribution in [-0.2, 0) is 13.2 Å². The molecule has 3 aromatic rings. The maximum atomic E-state index is 5.81. The van der Waals surface area contributed by atoms with Crippen LogP contribution in [0.3, 0.4) is 0 Å². The number of nitrogens with zero attached hydrogens (tertiary/aromatic N) is 1. The standard InChI is InChI=1S/C15H15N3O/c16-8-11-3-1-2-4-12(11)10-19-14-5-6-15-13(7-14)9-17-18-15/h1-7,9H,8,10,16H2,(H,17,18). The molecular formula is C15H15N3O. The van der Waals surface area contributed by atoms with Crippen LogP contribution in [0.4, 0.5) is 0 Å². The molecule has 1 heterocycles. The number of ether oxygens (including phenoxy) is 1. The molecule has 0 bridgehead atoms. The van der Waals surface area contributed by atoms with Crippen LogP contribution in [0.1, 0.15) is 11.1 Å². The number of aromatic amines is 1. The predicted molar refractivity (Wildman–Crippen MR) is 74.8 cm³/mol. The molecule has 2 aromatic carbocycles. The van der Waals surface area contributed by atoms with E-state index >= 15 is 0 Å². The van der Waals surface area contributed by atoms with Crippen molar-refractivity contribution < 1.29 is 4.74 Å². The number of hydrogen-bond acceptors (Lipinski definition) is 3. The van der Waals surface area contributed by atoms with Crippen LogP contribution in [-0.4, -0.2) is 10.2 Å². The van der Waals surface area contributed by atoms with Crippen LogP contribution in [0, 0.1) is 0 Å². The van der Waals surface area contributed by atoms with Gasteiger partial charge in [0.05, 0.1) is 11.7 Å². The van der Waals surface area contributed by atoms with Gasteiger partial charge >= 0.3 is 0 Å². The zero-order chi connectivity index (χ0) is 13.1. The topological polar surface area (TPSA) is 63.9 Å². The highest BCUT2D eigenvalue weighted by atomic mass is 16.5. The van der Waals surface area contributed by atoms with Crippen LogP contribution >= 0.6 is 0 Å². The summed E-state index contributed by atoms with van der Waals surface area (Å²) in [6, 6.07) is 13.9. The summed E-state index contributed by atoms with van der Waals surface area (Å²) in [7, 11) is 0. The maximum absolute atomic E-state index is 5.81. The van der Waals surface area contributed by atoms with Gasteiger partial charge in [-0.25, -0.2) is 0 Å². The first-order valence-electron chi connectivity index (χ1n) is 6.19. The average molecular weight is 253 g/mol. The monoisotopic (exact) mass is 253 g/mol. The first-order chi connectivity index (χ1) is 9.36. The molecule has 3 N–H and O–H groups in total. The Morgan fingerprint density at radius 3 is 2.79 bits per heavy atom. The maximum Gasteiger partial charge on any atom is 0.120 e. The van der Waals surface area contributed by atoms with Gasteiger partial charge in [-0.3, -0.25) is 5.10 Å². The van der Waals surface area contributed by atoms with Crippen molar-refractivity contribution >= 4 is 10.9 Å². The summed E-state index contributed by atoms with van der Waals surface area (Å²) in [4.78, 5) is 0. The van der Waals surface area contributed by atoms with Gasteiger partial charge in [0.2, 0.25) is 0 Å². The highest BCUT2D eigenvalue weighted by molar-refractivity contribution is 5.79. The minimum atomic E-state index is 0.525. The predicted octanol–water partition coefficient (Wildman–Crippen LogP) is 2.60. The molecule has 0 aliphatic heterocycles. The fourth-order valence-electron chi connectivity index (χ4n) is 2.07. The number of aromatic nitrogens is 2. The van der Waals surface area contributed by atoms with Crippen LogP contribution in [0.25, 0.3) is 10.9 Å². The molecule has 4 heteroatoms. The van der Waals surface area contributed by atoms with Gasteiger partial charge < -0.3 is 10.5 Å². The number of nitrogens with two attached hydrogens (primary N) is 1. The molecule has 96 valence electrons. The van der Waals surface area contributed by atoms with E-state index in [1.54, 1.807) is 6.20 Å². The summed E-state index contributed by atoms with van der Waals surface area (Å²) in [5.41, 5.74) is 8.96. The Labute approximate surface area is 111 Å². The van der Waals surface area contributed by atoms with E-state index < -0.39 is 0 Å². The summed E-state index contributed by atoms with van der Waals surface area (Å²) >= 11 is 0. The van der Waals surface area contributed by atoms with Crippen molar-refractivity contribution in [1.29, 1.82) is 0 Å². The Hall–Kier alpha value is -2.33. The number of hydrogen-bond donors (Lipinski definition) is 2. The molecule has 1 aromatic heterocycles. The molecule has 0 aliphatic rings. The fraction of sp³-hybridized carbons (Fsp3) is 0.133. The SMILES string of the molecule is NCc1ccccc1COc1ccc2[nH]ncc2c1. The van der Waals surface area contributed by atoms with Crippen molar-refractivity contribution in [3.8, 4) is 5.75 Å². The van der Waals surface area contributed by atoms with Crippen LogP contribution in [0.15, 0.2) is 48.7 Å². The largest absolute Gasteiger partial charge is 0.489 e. The highest BCUT2D eigenvalue weighted by Crippen LogP contribution is 2.20. The molecule has 0 atom stereocenters. The van der Waals surface area contributed by atoms with Crippen molar-refractivity contribution in [1.82, 2.24) is 10.2 Å². The first kappa shape index (κ1) is 11.7. The summed E-state index contributed by atoms with van der Waals surface area (Å²) < 4.78 is 5.81. The molecule has 0 saturated heterocycles.